The van der Waals surface area contributed by atoms with Crippen LogP contribution in [0.1, 0.15) is 45.9 Å². The maximum Gasteiger partial charge on any atom is 0.177 e. The Morgan fingerprint density at radius 2 is 2.07 bits per heavy atom. The number of likely N-dealkylation sites (tertiary alicyclic amines) is 1. The van der Waals surface area contributed by atoms with Gasteiger partial charge in [-0.05, 0) is 82.1 Å². The second-order valence-corrected chi connectivity index (χ2v) is 9.66. The number of rotatable bonds is 6. The first kappa shape index (κ1) is 20.5. The van der Waals surface area contributed by atoms with Crippen LogP contribution >= 0.6 is 0 Å². The number of fused-ring (bicyclic) bond motifs is 1. The highest BCUT2D eigenvalue weighted by atomic mass is 15.1. The highest BCUT2D eigenvalue weighted by Gasteiger charge is 2.32. The first-order valence-corrected chi connectivity index (χ1v) is 11.4. The van der Waals surface area contributed by atoms with E-state index in [4.69, 9.17) is 4.98 Å². The standard InChI is InChI=1S/C24H37N5/c1-16(2)21-13-18(14-23-27-22-6-5-9-25-24(22)28-23)17(3)12-19(21)15-26-20-7-10-29(4)11-8-20/h5-6,9,12,16,18-21,26H,7-8,10-11,13-15H2,1-4H3,(H,25,27,28). The van der Waals surface area contributed by atoms with Crippen LogP contribution in [-0.4, -0.2) is 52.6 Å². The van der Waals surface area contributed by atoms with Crippen molar-refractivity contribution >= 4 is 11.2 Å². The maximum absolute atomic E-state index is 4.72. The van der Waals surface area contributed by atoms with E-state index in [0.29, 0.717) is 23.8 Å². The van der Waals surface area contributed by atoms with Gasteiger partial charge in [-0.15, -0.1) is 0 Å². The highest BCUT2D eigenvalue weighted by Crippen LogP contribution is 2.38. The second-order valence-electron chi connectivity index (χ2n) is 9.66. The minimum atomic E-state index is 0.572. The number of H-pyrrole nitrogens is 1. The summed E-state index contributed by atoms with van der Waals surface area (Å²) in [6.45, 7) is 10.7. The lowest BCUT2D eigenvalue weighted by molar-refractivity contribution is 0.197. The normalized spacial score (nSPS) is 26.9. The average Bonchev–Trinajstić information content (AvgIpc) is 3.11. The number of hydrogen-bond donors (Lipinski definition) is 2. The molecule has 4 rings (SSSR count). The fourth-order valence-electron chi connectivity index (χ4n) is 5.25. The lowest BCUT2D eigenvalue weighted by atomic mass is 9.69. The number of imidazole rings is 1. The van der Waals surface area contributed by atoms with Crippen molar-refractivity contribution in [3.05, 3.63) is 35.8 Å². The van der Waals surface area contributed by atoms with E-state index in [9.17, 15) is 0 Å². The maximum atomic E-state index is 4.72. The van der Waals surface area contributed by atoms with Gasteiger partial charge >= 0.3 is 0 Å². The fourth-order valence-corrected chi connectivity index (χ4v) is 5.25. The third-order valence-electron chi connectivity index (χ3n) is 7.19. The predicted molar refractivity (Wildman–Crippen MR) is 120 cm³/mol. The van der Waals surface area contributed by atoms with Gasteiger partial charge in [0.1, 0.15) is 5.82 Å². The third kappa shape index (κ3) is 4.89. The van der Waals surface area contributed by atoms with Crippen LogP contribution in [0.5, 0.6) is 0 Å². The van der Waals surface area contributed by atoms with Crippen LogP contribution in [0, 0.1) is 23.7 Å². The molecule has 0 radical (unpaired) electrons. The molecule has 1 fully saturated rings. The number of hydrogen-bond acceptors (Lipinski definition) is 4. The zero-order chi connectivity index (χ0) is 20.4. The van der Waals surface area contributed by atoms with E-state index in [-0.39, 0.29) is 0 Å². The molecule has 0 aromatic carbocycles. The smallest absolute Gasteiger partial charge is 0.177 e. The Balaban J connectivity index is 1.42. The number of nitrogens with one attached hydrogen (secondary N) is 2. The van der Waals surface area contributed by atoms with Gasteiger partial charge in [0.25, 0.3) is 0 Å². The van der Waals surface area contributed by atoms with Crippen molar-refractivity contribution in [2.24, 2.45) is 23.7 Å². The predicted octanol–water partition coefficient (Wildman–Crippen LogP) is 4.04. The van der Waals surface area contributed by atoms with E-state index < -0.39 is 0 Å². The molecular formula is C24H37N5. The summed E-state index contributed by atoms with van der Waals surface area (Å²) >= 11 is 0. The second kappa shape index (κ2) is 8.97. The molecule has 2 aliphatic rings. The van der Waals surface area contributed by atoms with Gasteiger partial charge in [0.05, 0.1) is 5.52 Å². The molecule has 0 saturated carbocycles. The summed E-state index contributed by atoms with van der Waals surface area (Å²) in [7, 11) is 2.23. The summed E-state index contributed by atoms with van der Waals surface area (Å²) in [6.07, 6.45) is 9.18. The zero-order valence-corrected chi connectivity index (χ0v) is 18.5. The summed E-state index contributed by atoms with van der Waals surface area (Å²) in [5.74, 6) is 3.71. The van der Waals surface area contributed by atoms with Gasteiger partial charge in [-0.1, -0.05) is 25.5 Å². The van der Waals surface area contributed by atoms with Gasteiger partial charge in [-0.3, -0.25) is 0 Å². The van der Waals surface area contributed by atoms with Gasteiger partial charge < -0.3 is 15.2 Å². The van der Waals surface area contributed by atoms with E-state index in [1.54, 1.807) is 0 Å². The van der Waals surface area contributed by atoms with E-state index in [1.807, 2.05) is 12.3 Å². The van der Waals surface area contributed by atoms with E-state index in [2.05, 4.69) is 60.1 Å². The van der Waals surface area contributed by atoms with Gasteiger partial charge in [0.2, 0.25) is 0 Å². The SMILES string of the molecule is CC1=CC(CNC2CCN(C)CC2)C(C(C)C)CC1Cc1nc2ncccc2[nH]1. The third-order valence-corrected chi connectivity index (χ3v) is 7.19. The summed E-state index contributed by atoms with van der Waals surface area (Å²) < 4.78 is 0. The molecular weight excluding hydrogens is 358 g/mol. The summed E-state index contributed by atoms with van der Waals surface area (Å²) in [5.41, 5.74) is 3.41. The molecule has 1 saturated heterocycles. The largest absolute Gasteiger partial charge is 0.341 e. The van der Waals surface area contributed by atoms with Gasteiger partial charge in [-0.2, -0.15) is 0 Å². The molecule has 2 N–H and O–H groups in total. The highest BCUT2D eigenvalue weighted by molar-refractivity contribution is 5.69. The van der Waals surface area contributed by atoms with Gasteiger partial charge in [0.15, 0.2) is 5.65 Å². The molecule has 1 aliphatic heterocycles. The number of nitrogens with zero attached hydrogens (tertiary/aromatic N) is 3. The molecule has 3 heterocycles. The van der Waals surface area contributed by atoms with Crippen molar-refractivity contribution in [2.75, 3.05) is 26.7 Å². The Morgan fingerprint density at radius 3 is 2.79 bits per heavy atom. The van der Waals surface area contributed by atoms with Crippen LogP contribution in [0.25, 0.3) is 11.2 Å². The van der Waals surface area contributed by atoms with Gasteiger partial charge in [-0.25, -0.2) is 9.97 Å². The Kier molecular flexibility index (Phi) is 6.35. The Morgan fingerprint density at radius 1 is 1.28 bits per heavy atom. The van der Waals surface area contributed by atoms with Crippen molar-refractivity contribution < 1.29 is 0 Å². The molecule has 0 bridgehead atoms. The minimum absolute atomic E-state index is 0.572. The molecule has 2 aromatic rings. The van der Waals surface area contributed by atoms with Crippen LogP contribution in [0.4, 0.5) is 0 Å². The molecule has 29 heavy (non-hydrogen) atoms. The Labute approximate surface area is 175 Å². The molecule has 2 aromatic heterocycles. The minimum Gasteiger partial charge on any atom is -0.341 e. The first-order valence-electron chi connectivity index (χ1n) is 11.4. The number of aromatic amines is 1. The molecule has 3 atom stereocenters. The molecule has 0 spiro atoms. The number of pyridine rings is 1. The van der Waals surface area contributed by atoms with Crippen LogP contribution in [0.2, 0.25) is 0 Å². The Bertz CT molecular complexity index is 798. The topological polar surface area (TPSA) is 56.8 Å². The lowest BCUT2D eigenvalue weighted by Crippen LogP contribution is -2.44. The molecule has 3 unspecified atom stereocenters. The van der Waals surface area contributed by atoms with Crippen LogP contribution in [-0.2, 0) is 6.42 Å². The number of allylic oxidation sites excluding steroid dienone is 1. The molecule has 1 aliphatic carbocycles. The number of aromatic nitrogens is 3. The zero-order valence-electron chi connectivity index (χ0n) is 18.5. The van der Waals surface area contributed by atoms with E-state index in [1.165, 1.54) is 37.9 Å². The molecule has 5 nitrogen and oxygen atoms in total. The van der Waals surface area contributed by atoms with Crippen molar-refractivity contribution in [1.29, 1.82) is 0 Å². The molecule has 158 valence electrons. The van der Waals surface area contributed by atoms with Gasteiger partial charge in [0, 0.05) is 25.2 Å². The van der Waals surface area contributed by atoms with Crippen LogP contribution in [0.15, 0.2) is 30.0 Å². The van der Waals surface area contributed by atoms with E-state index >= 15 is 0 Å². The monoisotopic (exact) mass is 395 g/mol. The summed E-state index contributed by atoms with van der Waals surface area (Å²) in [5, 5.41) is 3.90. The summed E-state index contributed by atoms with van der Waals surface area (Å²) in [4.78, 5) is 15.0. The molecule has 0 amide bonds. The van der Waals surface area contributed by atoms with Crippen molar-refractivity contribution in [2.45, 2.75) is 52.5 Å². The first-order chi connectivity index (χ1) is 14.0. The van der Waals surface area contributed by atoms with E-state index in [0.717, 1.165) is 35.9 Å². The quantitative estimate of drug-likeness (QED) is 0.725. The van der Waals surface area contributed by atoms with Crippen molar-refractivity contribution in [1.82, 2.24) is 25.2 Å². The van der Waals surface area contributed by atoms with Crippen molar-refractivity contribution in [3.8, 4) is 0 Å². The lowest BCUT2D eigenvalue weighted by Gasteiger charge is -2.38. The average molecular weight is 396 g/mol. The summed E-state index contributed by atoms with van der Waals surface area (Å²) in [6, 6.07) is 4.71. The van der Waals surface area contributed by atoms with Crippen LogP contribution < -0.4 is 5.32 Å². The number of piperidine rings is 1. The fraction of sp³-hybridized carbons (Fsp3) is 0.667. The molecule has 5 heteroatoms. The Hall–Kier alpha value is -1.72. The van der Waals surface area contributed by atoms with Crippen LogP contribution in [0.3, 0.4) is 0 Å². The van der Waals surface area contributed by atoms with Crippen molar-refractivity contribution in [3.63, 3.8) is 0 Å².